The Morgan fingerprint density at radius 3 is 2.61 bits per heavy atom. The molecule has 0 saturated carbocycles. The summed E-state index contributed by atoms with van der Waals surface area (Å²) in [7, 11) is 0. The molecule has 1 unspecified atom stereocenters. The Kier molecular flexibility index (Phi) is 4.80. The van der Waals surface area contributed by atoms with Crippen molar-refractivity contribution in [3.05, 3.63) is 53.6 Å². The second-order valence-corrected chi connectivity index (χ2v) is 4.90. The molecule has 1 nitrogen and oxygen atoms in total. The molecular formula is C17H21N. The molecule has 0 bridgehead atoms. The number of benzene rings is 1. The summed E-state index contributed by atoms with van der Waals surface area (Å²) in [6.07, 6.45) is 9.12. The summed E-state index contributed by atoms with van der Waals surface area (Å²) >= 11 is 0. The van der Waals surface area contributed by atoms with E-state index in [1.807, 2.05) is 6.92 Å². The first-order chi connectivity index (χ1) is 8.47. The predicted octanol–water partition coefficient (Wildman–Crippen LogP) is 3.85. The molecule has 1 aromatic rings. The third kappa shape index (κ3) is 3.28. The zero-order valence-corrected chi connectivity index (χ0v) is 11.4. The Hall–Kier alpha value is -1.94. The minimum absolute atomic E-state index is 0.305. The van der Waals surface area contributed by atoms with Crippen LogP contribution in [0.3, 0.4) is 0 Å². The van der Waals surface area contributed by atoms with Gasteiger partial charge in [0, 0.05) is 11.6 Å². The van der Waals surface area contributed by atoms with Crippen LogP contribution >= 0.6 is 0 Å². The van der Waals surface area contributed by atoms with Crippen molar-refractivity contribution in [1.82, 2.24) is 0 Å². The van der Waals surface area contributed by atoms with Gasteiger partial charge in [0.15, 0.2) is 0 Å². The van der Waals surface area contributed by atoms with Gasteiger partial charge in [-0.05, 0) is 41.7 Å². The number of terminal acetylenes is 1. The molecule has 0 aliphatic rings. The molecule has 1 rings (SSSR count). The lowest BCUT2D eigenvalue weighted by Gasteiger charge is -2.19. The maximum atomic E-state index is 5.82. The maximum Gasteiger partial charge on any atom is 0.0317 e. The maximum absolute atomic E-state index is 5.82. The van der Waals surface area contributed by atoms with E-state index >= 15 is 0 Å². The Balaban J connectivity index is 3.22. The molecule has 0 amide bonds. The van der Waals surface area contributed by atoms with E-state index in [-0.39, 0.29) is 0 Å². The van der Waals surface area contributed by atoms with E-state index in [9.17, 15) is 0 Å². The van der Waals surface area contributed by atoms with Crippen LogP contribution < -0.4 is 5.73 Å². The van der Waals surface area contributed by atoms with Gasteiger partial charge in [0.2, 0.25) is 0 Å². The quantitative estimate of drug-likeness (QED) is 0.793. The number of rotatable bonds is 4. The first-order valence-corrected chi connectivity index (χ1v) is 6.15. The van der Waals surface area contributed by atoms with Gasteiger partial charge in [-0.3, -0.25) is 0 Å². The van der Waals surface area contributed by atoms with E-state index in [4.69, 9.17) is 12.2 Å². The van der Waals surface area contributed by atoms with Crippen molar-refractivity contribution in [2.45, 2.75) is 26.7 Å². The number of hydrogen-bond donors (Lipinski definition) is 1. The summed E-state index contributed by atoms with van der Waals surface area (Å²) in [6.45, 7) is 10.2. The predicted molar refractivity (Wildman–Crippen MR) is 80.0 cm³/mol. The standard InChI is InChI=1S/C17H21N/c1-6-7-8-16(12(2)3)15-10-9-13(4)17(11-15)14(5)18/h1,7-12,16H,5,18H2,2-4H3/b8-7-. The second kappa shape index (κ2) is 6.12. The lowest BCUT2D eigenvalue weighted by molar-refractivity contribution is 0.578. The highest BCUT2D eigenvalue weighted by atomic mass is 14.6. The van der Waals surface area contributed by atoms with Crippen LogP contribution in [0, 0.1) is 25.2 Å². The highest BCUT2D eigenvalue weighted by Crippen LogP contribution is 2.28. The number of hydrogen-bond acceptors (Lipinski definition) is 1. The van der Waals surface area contributed by atoms with Gasteiger partial charge in [0.05, 0.1) is 0 Å². The van der Waals surface area contributed by atoms with Crippen molar-refractivity contribution >= 4 is 5.70 Å². The van der Waals surface area contributed by atoms with Crippen LogP contribution in [0.5, 0.6) is 0 Å². The lowest BCUT2D eigenvalue weighted by atomic mass is 9.86. The van der Waals surface area contributed by atoms with E-state index in [1.54, 1.807) is 6.08 Å². The highest BCUT2D eigenvalue weighted by Gasteiger charge is 2.14. The molecule has 0 aliphatic carbocycles. The molecule has 1 heteroatoms. The molecule has 0 radical (unpaired) electrons. The summed E-state index contributed by atoms with van der Waals surface area (Å²) in [5.41, 5.74) is 9.82. The Bertz CT molecular complexity index is 501. The zero-order valence-electron chi connectivity index (χ0n) is 11.4. The van der Waals surface area contributed by atoms with Crippen LogP contribution in [0.1, 0.15) is 36.5 Å². The van der Waals surface area contributed by atoms with Crippen LogP contribution in [-0.4, -0.2) is 0 Å². The molecule has 1 atom stereocenters. The third-order valence-corrected chi connectivity index (χ3v) is 3.11. The van der Waals surface area contributed by atoms with Gasteiger partial charge in [-0.25, -0.2) is 0 Å². The van der Waals surface area contributed by atoms with Crippen LogP contribution in [-0.2, 0) is 0 Å². The lowest BCUT2D eigenvalue weighted by Crippen LogP contribution is -2.06. The zero-order chi connectivity index (χ0) is 13.7. The molecule has 0 saturated heterocycles. The average molecular weight is 239 g/mol. The largest absolute Gasteiger partial charge is 0.399 e. The van der Waals surface area contributed by atoms with E-state index in [0.29, 0.717) is 17.5 Å². The fraction of sp³-hybridized carbons (Fsp3) is 0.294. The van der Waals surface area contributed by atoms with Gasteiger partial charge in [-0.1, -0.05) is 44.6 Å². The molecule has 18 heavy (non-hydrogen) atoms. The van der Waals surface area contributed by atoms with Gasteiger partial charge < -0.3 is 5.73 Å². The van der Waals surface area contributed by atoms with Crippen LogP contribution in [0.2, 0.25) is 0 Å². The van der Waals surface area contributed by atoms with Gasteiger partial charge in [0.25, 0.3) is 0 Å². The summed E-state index contributed by atoms with van der Waals surface area (Å²) < 4.78 is 0. The van der Waals surface area contributed by atoms with Gasteiger partial charge in [0.1, 0.15) is 0 Å². The number of allylic oxidation sites excluding steroid dienone is 2. The first kappa shape index (κ1) is 14.1. The molecule has 0 aromatic heterocycles. The summed E-state index contributed by atoms with van der Waals surface area (Å²) in [5, 5.41) is 0. The molecule has 0 fully saturated rings. The van der Waals surface area contributed by atoms with Crippen molar-refractivity contribution in [2.24, 2.45) is 11.7 Å². The first-order valence-electron chi connectivity index (χ1n) is 6.15. The average Bonchev–Trinajstić information content (AvgIpc) is 2.30. The normalized spacial score (nSPS) is 12.6. The summed E-state index contributed by atoms with van der Waals surface area (Å²) in [4.78, 5) is 0. The number of nitrogens with two attached hydrogens (primary N) is 1. The molecule has 0 aliphatic heterocycles. The fourth-order valence-corrected chi connectivity index (χ4v) is 2.07. The fourth-order valence-electron chi connectivity index (χ4n) is 2.07. The summed E-state index contributed by atoms with van der Waals surface area (Å²) in [6, 6.07) is 6.33. The van der Waals surface area contributed by atoms with Crippen molar-refractivity contribution in [3.63, 3.8) is 0 Å². The Morgan fingerprint density at radius 1 is 1.44 bits per heavy atom. The van der Waals surface area contributed by atoms with E-state index in [2.05, 4.69) is 50.6 Å². The molecule has 94 valence electrons. The monoisotopic (exact) mass is 239 g/mol. The van der Waals surface area contributed by atoms with Crippen molar-refractivity contribution in [3.8, 4) is 12.3 Å². The smallest absolute Gasteiger partial charge is 0.0317 e. The van der Waals surface area contributed by atoms with Crippen LogP contribution in [0.25, 0.3) is 5.70 Å². The highest BCUT2D eigenvalue weighted by molar-refractivity contribution is 5.64. The topological polar surface area (TPSA) is 26.0 Å². The van der Waals surface area contributed by atoms with Crippen LogP contribution in [0.15, 0.2) is 36.9 Å². The summed E-state index contributed by atoms with van der Waals surface area (Å²) in [5.74, 6) is 3.34. The third-order valence-electron chi connectivity index (χ3n) is 3.11. The van der Waals surface area contributed by atoms with Gasteiger partial charge >= 0.3 is 0 Å². The molecule has 1 aromatic carbocycles. The van der Waals surface area contributed by atoms with Gasteiger partial charge in [-0.15, -0.1) is 6.42 Å². The van der Waals surface area contributed by atoms with Crippen molar-refractivity contribution in [1.29, 1.82) is 0 Å². The number of aryl methyl sites for hydroxylation is 1. The molecular weight excluding hydrogens is 218 g/mol. The molecule has 0 heterocycles. The van der Waals surface area contributed by atoms with Crippen LogP contribution in [0.4, 0.5) is 0 Å². The van der Waals surface area contributed by atoms with Crippen molar-refractivity contribution in [2.75, 3.05) is 0 Å². The Labute approximate surface area is 110 Å². The SMILES string of the molecule is C#C/C=C\C(c1ccc(C)c(C(=C)N)c1)C(C)C. The van der Waals surface area contributed by atoms with E-state index in [1.165, 1.54) is 5.56 Å². The van der Waals surface area contributed by atoms with E-state index in [0.717, 1.165) is 11.1 Å². The molecule has 2 N–H and O–H groups in total. The minimum Gasteiger partial charge on any atom is -0.399 e. The van der Waals surface area contributed by atoms with Gasteiger partial charge in [-0.2, -0.15) is 0 Å². The van der Waals surface area contributed by atoms with E-state index < -0.39 is 0 Å². The Morgan fingerprint density at radius 2 is 2.11 bits per heavy atom. The second-order valence-electron chi connectivity index (χ2n) is 4.90. The van der Waals surface area contributed by atoms with Crippen molar-refractivity contribution < 1.29 is 0 Å². The minimum atomic E-state index is 0.305. The molecule has 0 spiro atoms.